The van der Waals surface area contributed by atoms with Crippen LogP contribution in [-0.4, -0.2) is 44.9 Å². The number of ether oxygens (including phenoxy) is 2. The van der Waals surface area contributed by atoms with E-state index < -0.39 is 11.9 Å². The summed E-state index contributed by atoms with van der Waals surface area (Å²) in [6, 6.07) is 9.78. The zero-order valence-corrected chi connectivity index (χ0v) is 18.2. The zero-order valence-electron chi connectivity index (χ0n) is 17.4. The van der Waals surface area contributed by atoms with Crippen molar-refractivity contribution in [1.29, 1.82) is 0 Å². The Balaban J connectivity index is 1.87. The third kappa shape index (κ3) is 4.40. The van der Waals surface area contributed by atoms with Gasteiger partial charge in [0.2, 0.25) is 0 Å². The van der Waals surface area contributed by atoms with Crippen LogP contribution in [0.4, 0.5) is 0 Å². The number of thioether (sulfide) groups is 1. The van der Waals surface area contributed by atoms with Crippen molar-refractivity contribution < 1.29 is 19.1 Å². The van der Waals surface area contributed by atoms with E-state index >= 15 is 0 Å². The first-order valence-corrected chi connectivity index (χ1v) is 10.6. The molecule has 0 unspecified atom stereocenters. The van der Waals surface area contributed by atoms with E-state index in [2.05, 4.69) is 15.2 Å². The number of aromatic amines is 1. The highest BCUT2D eigenvalue weighted by Gasteiger charge is 2.26. The normalized spacial score (nSPS) is 10.8. The molecule has 2 heterocycles. The molecule has 1 N–H and O–H groups in total. The van der Waals surface area contributed by atoms with Gasteiger partial charge in [-0.2, -0.15) is 0 Å². The molecule has 0 radical (unpaired) electrons. The maximum atomic E-state index is 12.5. The third-order valence-corrected chi connectivity index (χ3v) is 5.55. The van der Waals surface area contributed by atoms with E-state index in [1.165, 1.54) is 11.8 Å². The van der Waals surface area contributed by atoms with Crippen LogP contribution < -0.4 is 0 Å². The van der Waals surface area contributed by atoms with E-state index in [9.17, 15) is 9.59 Å². The first-order valence-electron chi connectivity index (χ1n) is 9.61. The first-order chi connectivity index (χ1) is 14.5. The number of hydrogen-bond acceptors (Lipinski definition) is 7. The fraction of sp³-hybridized carbons (Fsp3) is 0.333. The Labute approximate surface area is 179 Å². The molecule has 0 aliphatic heterocycles. The van der Waals surface area contributed by atoms with Gasteiger partial charge in [-0.15, -0.1) is 10.2 Å². The van der Waals surface area contributed by atoms with Crippen LogP contribution in [0.15, 0.2) is 35.5 Å². The van der Waals surface area contributed by atoms with Crippen molar-refractivity contribution in [2.75, 3.05) is 13.2 Å². The fourth-order valence-electron chi connectivity index (χ4n) is 3.07. The molecular weight excluding hydrogens is 404 g/mol. The molecule has 0 fully saturated rings. The predicted molar refractivity (Wildman–Crippen MR) is 113 cm³/mol. The minimum atomic E-state index is -0.498. The highest BCUT2D eigenvalue weighted by molar-refractivity contribution is 7.98. The molecule has 3 rings (SSSR count). The van der Waals surface area contributed by atoms with Crippen LogP contribution >= 0.6 is 11.8 Å². The number of carbonyl (C=O) groups excluding carboxylic acids is 2. The Hall–Kier alpha value is -3.07. The molecule has 0 saturated carbocycles. The fourth-order valence-corrected chi connectivity index (χ4v) is 3.94. The molecule has 3 aromatic rings. The summed E-state index contributed by atoms with van der Waals surface area (Å²) in [5.41, 5.74) is 2.69. The zero-order chi connectivity index (χ0) is 21.7. The average molecular weight is 429 g/mol. The molecule has 30 heavy (non-hydrogen) atoms. The average Bonchev–Trinajstić information content (AvgIpc) is 3.27. The van der Waals surface area contributed by atoms with Gasteiger partial charge < -0.3 is 19.0 Å². The van der Waals surface area contributed by atoms with Crippen molar-refractivity contribution in [2.24, 2.45) is 7.05 Å². The molecule has 9 heteroatoms. The lowest BCUT2D eigenvalue weighted by atomic mass is 10.1. The topological polar surface area (TPSA) is 99.1 Å². The van der Waals surface area contributed by atoms with Gasteiger partial charge in [-0.1, -0.05) is 42.1 Å². The monoisotopic (exact) mass is 428 g/mol. The number of carbonyl (C=O) groups is 2. The Morgan fingerprint density at radius 2 is 1.73 bits per heavy atom. The molecular formula is C21H24N4O4S. The van der Waals surface area contributed by atoms with E-state index in [4.69, 9.17) is 9.47 Å². The molecule has 0 bridgehead atoms. The molecule has 1 aromatic carbocycles. The van der Waals surface area contributed by atoms with Crippen LogP contribution in [-0.2, 0) is 22.3 Å². The number of aromatic nitrogens is 4. The van der Waals surface area contributed by atoms with Crippen molar-refractivity contribution in [3.8, 4) is 11.4 Å². The van der Waals surface area contributed by atoms with Gasteiger partial charge in [-0.05, 0) is 26.3 Å². The summed E-state index contributed by atoms with van der Waals surface area (Å²) in [6.07, 6.45) is 0. The molecule has 158 valence electrons. The van der Waals surface area contributed by atoms with Crippen molar-refractivity contribution in [1.82, 2.24) is 19.7 Å². The molecule has 0 aliphatic rings. The minimum Gasteiger partial charge on any atom is -0.462 e. The third-order valence-electron chi connectivity index (χ3n) is 4.50. The number of hydrogen-bond donors (Lipinski definition) is 1. The Morgan fingerprint density at radius 3 is 2.40 bits per heavy atom. The smallest absolute Gasteiger partial charge is 0.355 e. The van der Waals surface area contributed by atoms with Crippen molar-refractivity contribution in [3.63, 3.8) is 0 Å². The van der Waals surface area contributed by atoms with Crippen LogP contribution in [0.25, 0.3) is 11.4 Å². The second-order valence-corrected chi connectivity index (χ2v) is 7.38. The predicted octanol–water partition coefficient (Wildman–Crippen LogP) is 3.76. The Bertz CT molecular complexity index is 1040. The molecule has 8 nitrogen and oxygen atoms in total. The number of benzene rings is 1. The standard InChI is InChI=1S/C21H24N4O4S/c1-5-28-19(26)16-13(3)17(20(27)29-6-2)22-15(16)12-30-21-24-23-18(25(21)4)14-10-8-7-9-11-14/h7-11,22H,5-6,12H2,1-4H3. The van der Waals surface area contributed by atoms with Crippen molar-refractivity contribution >= 4 is 23.7 Å². The summed E-state index contributed by atoms with van der Waals surface area (Å²) in [5, 5.41) is 9.23. The van der Waals surface area contributed by atoms with Gasteiger partial charge in [-0.25, -0.2) is 9.59 Å². The Kier molecular flexibility index (Phi) is 6.94. The first kappa shape index (κ1) is 21.6. The van der Waals surface area contributed by atoms with Crippen molar-refractivity contribution in [3.05, 3.63) is 52.8 Å². The molecule has 0 atom stereocenters. The number of nitrogens with one attached hydrogen (secondary N) is 1. The summed E-state index contributed by atoms with van der Waals surface area (Å²) in [4.78, 5) is 27.8. The molecule has 0 spiro atoms. The minimum absolute atomic E-state index is 0.245. The van der Waals surface area contributed by atoms with E-state index in [-0.39, 0.29) is 18.9 Å². The SMILES string of the molecule is CCOC(=O)c1[nH]c(CSc2nnc(-c3ccccc3)n2C)c(C(=O)OCC)c1C. The highest BCUT2D eigenvalue weighted by atomic mass is 32.2. The lowest BCUT2D eigenvalue weighted by molar-refractivity contribution is 0.0518. The summed E-state index contributed by atoms with van der Waals surface area (Å²) < 4.78 is 12.2. The molecule has 0 saturated heterocycles. The maximum absolute atomic E-state index is 12.5. The second-order valence-electron chi connectivity index (χ2n) is 6.44. The van der Waals surface area contributed by atoms with Crippen LogP contribution in [0.5, 0.6) is 0 Å². The van der Waals surface area contributed by atoms with Crippen LogP contribution in [0.2, 0.25) is 0 Å². The van der Waals surface area contributed by atoms with Gasteiger partial charge in [0, 0.05) is 24.1 Å². The maximum Gasteiger partial charge on any atom is 0.355 e. The summed E-state index contributed by atoms with van der Waals surface area (Å²) in [7, 11) is 1.89. The quantitative estimate of drug-likeness (QED) is 0.431. The van der Waals surface area contributed by atoms with Gasteiger partial charge in [0.25, 0.3) is 0 Å². The van der Waals surface area contributed by atoms with Gasteiger partial charge in [0.15, 0.2) is 11.0 Å². The van der Waals surface area contributed by atoms with Gasteiger partial charge in [-0.3, -0.25) is 0 Å². The molecule has 0 aliphatic carbocycles. The van der Waals surface area contributed by atoms with Crippen LogP contribution in [0, 0.1) is 6.92 Å². The van der Waals surface area contributed by atoms with Gasteiger partial charge in [0.05, 0.1) is 18.8 Å². The van der Waals surface area contributed by atoms with E-state index in [1.807, 2.05) is 41.9 Å². The highest BCUT2D eigenvalue weighted by Crippen LogP contribution is 2.29. The summed E-state index contributed by atoms with van der Waals surface area (Å²) >= 11 is 1.41. The number of nitrogens with zero attached hydrogens (tertiary/aromatic N) is 3. The second kappa shape index (κ2) is 9.62. The molecule has 0 amide bonds. The number of rotatable bonds is 8. The van der Waals surface area contributed by atoms with E-state index in [0.29, 0.717) is 27.7 Å². The molecule has 2 aromatic heterocycles. The number of H-pyrrole nitrogens is 1. The summed E-state index contributed by atoms with van der Waals surface area (Å²) in [6.45, 7) is 5.67. The summed E-state index contributed by atoms with van der Waals surface area (Å²) in [5.74, 6) is 0.163. The number of esters is 2. The lowest BCUT2D eigenvalue weighted by Crippen LogP contribution is -2.09. The van der Waals surface area contributed by atoms with Crippen LogP contribution in [0.1, 0.15) is 46.0 Å². The van der Waals surface area contributed by atoms with E-state index in [0.717, 1.165) is 11.4 Å². The van der Waals surface area contributed by atoms with Crippen molar-refractivity contribution in [2.45, 2.75) is 31.7 Å². The van der Waals surface area contributed by atoms with Gasteiger partial charge >= 0.3 is 11.9 Å². The Morgan fingerprint density at radius 1 is 1.07 bits per heavy atom. The lowest BCUT2D eigenvalue weighted by Gasteiger charge is -2.06. The van der Waals surface area contributed by atoms with Gasteiger partial charge in [0.1, 0.15) is 5.69 Å². The van der Waals surface area contributed by atoms with Crippen LogP contribution in [0.3, 0.4) is 0 Å². The largest absolute Gasteiger partial charge is 0.462 e. The van der Waals surface area contributed by atoms with E-state index in [1.54, 1.807) is 20.8 Å².